The van der Waals surface area contributed by atoms with Crippen LogP contribution >= 0.6 is 0 Å². The first-order valence-electron chi connectivity index (χ1n) is 6.91. The van der Waals surface area contributed by atoms with Crippen LogP contribution in [0.1, 0.15) is 24.7 Å². The summed E-state index contributed by atoms with van der Waals surface area (Å²) in [7, 11) is 1.64. The standard InChI is InChI=1S/C16H22O4/c1-3-4-13-11-19-16(20-15(13)9-10-17)12-5-7-14(18-2)8-6-12/h3,5-8,13,15-17H,1,4,9-11H2,2H3/t13-,15+,16-/m1/s1. The normalized spacial score (nSPS) is 26.2. The molecule has 0 aliphatic carbocycles. The fraction of sp³-hybridized carbons (Fsp3) is 0.500. The van der Waals surface area contributed by atoms with E-state index in [1.165, 1.54) is 0 Å². The lowest BCUT2D eigenvalue weighted by Gasteiger charge is -2.36. The molecule has 1 aliphatic heterocycles. The van der Waals surface area contributed by atoms with Gasteiger partial charge in [0.2, 0.25) is 0 Å². The second-order valence-corrected chi connectivity index (χ2v) is 4.91. The maximum absolute atomic E-state index is 9.17. The first kappa shape index (κ1) is 15.0. The van der Waals surface area contributed by atoms with Gasteiger partial charge in [0.25, 0.3) is 0 Å². The van der Waals surface area contributed by atoms with Crippen molar-refractivity contribution in [1.29, 1.82) is 0 Å². The van der Waals surface area contributed by atoms with Crippen LogP contribution < -0.4 is 4.74 Å². The van der Waals surface area contributed by atoms with Crippen LogP contribution in [-0.4, -0.2) is 31.5 Å². The molecule has 0 unspecified atom stereocenters. The molecule has 1 heterocycles. The Morgan fingerprint density at radius 2 is 2.15 bits per heavy atom. The molecule has 110 valence electrons. The highest BCUT2D eigenvalue weighted by Crippen LogP contribution is 2.32. The Morgan fingerprint density at radius 1 is 1.40 bits per heavy atom. The van der Waals surface area contributed by atoms with Crippen LogP contribution in [0.15, 0.2) is 36.9 Å². The van der Waals surface area contributed by atoms with Gasteiger partial charge in [-0.1, -0.05) is 18.2 Å². The molecule has 1 aromatic carbocycles. The highest BCUT2D eigenvalue weighted by Gasteiger charge is 2.31. The highest BCUT2D eigenvalue weighted by molar-refractivity contribution is 5.28. The molecule has 20 heavy (non-hydrogen) atoms. The molecule has 1 aromatic rings. The average molecular weight is 278 g/mol. The van der Waals surface area contributed by atoms with Gasteiger partial charge in [0.05, 0.1) is 19.8 Å². The summed E-state index contributed by atoms with van der Waals surface area (Å²) >= 11 is 0. The van der Waals surface area contributed by atoms with Gasteiger partial charge in [-0.2, -0.15) is 0 Å². The lowest BCUT2D eigenvalue weighted by molar-refractivity contribution is -0.243. The minimum Gasteiger partial charge on any atom is -0.497 e. The molecule has 4 heteroatoms. The van der Waals surface area contributed by atoms with Crippen LogP contribution in [0.2, 0.25) is 0 Å². The number of benzene rings is 1. The Labute approximate surface area is 120 Å². The zero-order valence-electron chi connectivity index (χ0n) is 11.8. The molecule has 0 bridgehead atoms. The lowest BCUT2D eigenvalue weighted by Crippen LogP contribution is -2.36. The largest absolute Gasteiger partial charge is 0.497 e. The topological polar surface area (TPSA) is 47.9 Å². The van der Waals surface area contributed by atoms with E-state index in [2.05, 4.69) is 6.58 Å². The second kappa shape index (κ2) is 7.43. The minimum absolute atomic E-state index is 0.00106. The third-order valence-electron chi connectivity index (χ3n) is 3.56. The van der Waals surface area contributed by atoms with E-state index in [1.807, 2.05) is 30.3 Å². The molecule has 3 atom stereocenters. The maximum Gasteiger partial charge on any atom is 0.184 e. The average Bonchev–Trinajstić information content (AvgIpc) is 2.50. The molecule has 2 rings (SSSR count). The van der Waals surface area contributed by atoms with E-state index in [9.17, 15) is 0 Å². The van der Waals surface area contributed by atoms with Gasteiger partial charge < -0.3 is 19.3 Å². The minimum atomic E-state index is -0.376. The SMILES string of the molecule is C=CC[C@@H]1CO[C@@H](c2ccc(OC)cc2)O[C@H]1CCO. The summed E-state index contributed by atoms with van der Waals surface area (Å²) in [5.41, 5.74) is 0.964. The summed E-state index contributed by atoms with van der Waals surface area (Å²) in [5.74, 6) is 1.06. The molecular formula is C16H22O4. The molecule has 1 aliphatic rings. The van der Waals surface area contributed by atoms with Crippen molar-refractivity contribution in [2.45, 2.75) is 25.2 Å². The first-order valence-corrected chi connectivity index (χ1v) is 6.91. The van der Waals surface area contributed by atoms with Crippen molar-refractivity contribution in [2.24, 2.45) is 5.92 Å². The zero-order valence-corrected chi connectivity index (χ0v) is 11.8. The van der Waals surface area contributed by atoms with Gasteiger partial charge in [0.1, 0.15) is 5.75 Å². The highest BCUT2D eigenvalue weighted by atomic mass is 16.7. The molecular weight excluding hydrogens is 256 g/mol. The van der Waals surface area contributed by atoms with Gasteiger partial charge in [0.15, 0.2) is 6.29 Å². The zero-order chi connectivity index (χ0) is 14.4. The van der Waals surface area contributed by atoms with Crippen LogP contribution in [0.3, 0.4) is 0 Å². The smallest absolute Gasteiger partial charge is 0.184 e. The first-order chi connectivity index (χ1) is 9.78. The van der Waals surface area contributed by atoms with Gasteiger partial charge in [0, 0.05) is 18.1 Å². The number of hydrogen-bond acceptors (Lipinski definition) is 4. The number of aliphatic hydroxyl groups is 1. The molecule has 4 nitrogen and oxygen atoms in total. The van der Waals surface area contributed by atoms with Crippen molar-refractivity contribution in [2.75, 3.05) is 20.3 Å². The van der Waals surface area contributed by atoms with Crippen molar-refractivity contribution in [3.05, 3.63) is 42.5 Å². The molecule has 1 N–H and O–H groups in total. The number of hydrogen-bond donors (Lipinski definition) is 1. The molecule has 0 amide bonds. The van der Waals surface area contributed by atoms with Crippen LogP contribution in [0, 0.1) is 5.92 Å². The molecule has 1 fully saturated rings. The van der Waals surface area contributed by atoms with Crippen LogP contribution in [-0.2, 0) is 9.47 Å². The Hall–Kier alpha value is -1.36. The molecule has 0 saturated carbocycles. The monoisotopic (exact) mass is 278 g/mol. The summed E-state index contributed by atoms with van der Waals surface area (Å²) in [6, 6.07) is 7.65. The molecule has 0 aromatic heterocycles. The Kier molecular flexibility index (Phi) is 5.59. The van der Waals surface area contributed by atoms with E-state index in [1.54, 1.807) is 7.11 Å². The maximum atomic E-state index is 9.17. The van der Waals surface area contributed by atoms with E-state index < -0.39 is 0 Å². The predicted octanol–water partition coefficient (Wildman–Crippen LogP) is 2.68. The summed E-state index contributed by atoms with van der Waals surface area (Å²) in [5, 5.41) is 9.17. The van der Waals surface area contributed by atoms with Gasteiger partial charge in [-0.05, 0) is 25.0 Å². The van der Waals surface area contributed by atoms with Crippen LogP contribution in [0.25, 0.3) is 0 Å². The fourth-order valence-electron chi connectivity index (χ4n) is 2.43. The van der Waals surface area contributed by atoms with Crippen molar-refractivity contribution in [3.8, 4) is 5.75 Å². The van der Waals surface area contributed by atoms with Gasteiger partial charge in [-0.15, -0.1) is 6.58 Å². The number of allylic oxidation sites excluding steroid dienone is 1. The Bertz CT molecular complexity index is 415. The van der Waals surface area contributed by atoms with Crippen LogP contribution in [0.4, 0.5) is 0 Å². The van der Waals surface area contributed by atoms with E-state index in [-0.39, 0.29) is 24.9 Å². The summed E-state index contributed by atoms with van der Waals surface area (Å²) in [6.07, 6.45) is 2.95. The summed E-state index contributed by atoms with van der Waals surface area (Å²) in [6.45, 7) is 4.50. The predicted molar refractivity (Wildman–Crippen MR) is 76.6 cm³/mol. The van der Waals surface area contributed by atoms with E-state index in [4.69, 9.17) is 19.3 Å². The lowest BCUT2D eigenvalue weighted by atomic mass is 9.95. The summed E-state index contributed by atoms with van der Waals surface area (Å²) < 4.78 is 16.9. The number of methoxy groups -OCH3 is 1. The van der Waals surface area contributed by atoms with Crippen molar-refractivity contribution >= 4 is 0 Å². The summed E-state index contributed by atoms with van der Waals surface area (Å²) in [4.78, 5) is 0. The third kappa shape index (κ3) is 3.60. The number of rotatable bonds is 6. The van der Waals surface area contributed by atoms with Crippen LogP contribution in [0.5, 0.6) is 5.75 Å². The number of ether oxygens (including phenoxy) is 3. The molecule has 0 radical (unpaired) electrons. The van der Waals surface area contributed by atoms with Gasteiger partial charge in [-0.25, -0.2) is 0 Å². The molecule has 1 saturated heterocycles. The van der Waals surface area contributed by atoms with Gasteiger partial charge in [-0.3, -0.25) is 0 Å². The van der Waals surface area contributed by atoms with E-state index >= 15 is 0 Å². The van der Waals surface area contributed by atoms with Crippen molar-refractivity contribution < 1.29 is 19.3 Å². The van der Waals surface area contributed by atoms with E-state index in [0.717, 1.165) is 17.7 Å². The molecule has 0 spiro atoms. The Morgan fingerprint density at radius 3 is 2.75 bits per heavy atom. The van der Waals surface area contributed by atoms with E-state index in [0.29, 0.717) is 13.0 Å². The van der Waals surface area contributed by atoms with Gasteiger partial charge >= 0.3 is 0 Å². The quantitative estimate of drug-likeness (QED) is 0.813. The number of aliphatic hydroxyl groups excluding tert-OH is 1. The van der Waals surface area contributed by atoms with Crippen molar-refractivity contribution in [1.82, 2.24) is 0 Å². The second-order valence-electron chi connectivity index (χ2n) is 4.91. The fourth-order valence-corrected chi connectivity index (χ4v) is 2.43. The third-order valence-corrected chi connectivity index (χ3v) is 3.56. The Balaban J connectivity index is 2.04. The van der Waals surface area contributed by atoms with Crippen molar-refractivity contribution in [3.63, 3.8) is 0 Å².